The van der Waals surface area contributed by atoms with E-state index >= 15 is 0 Å². The Hall–Kier alpha value is -1.84. The molecule has 0 saturated carbocycles. The number of aromatic nitrogens is 1. The number of rotatable bonds is 4. The maximum atomic E-state index is 12.5. The van der Waals surface area contributed by atoms with E-state index in [1.54, 1.807) is 0 Å². The van der Waals surface area contributed by atoms with Crippen molar-refractivity contribution in [3.63, 3.8) is 0 Å². The molecule has 0 aliphatic carbocycles. The van der Waals surface area contributed by atoms with Crippen LogP contribution in [-0.2, 0) is 12.6 Å². The molecule has 0 unspecified atom stereocenters. The molecule has 0 saturated heterocycles. The molecule has 21 heavy (non-hydrogen) atoms. The zero-order valence-electron chi connectivity index (χ0n) is 12.1. The number of hydrogen-bond acceptors (Lipinski definition) is 1. The summed E-state index contributed by atoms with van der Waals surface area (Å²) < 4.78 is 37.5. The van der Waals surface area contributed by atoms with Crippen molar-refractivity contribution < 1.29 is 13.2 Å². The molecule has 0 atom stereocenters. The molecule has 1 aromatic heterocycles. The van der Waals surface area contributed by atoms with E-state index in [2.05, 4.69) is 18.8 Å². The third-order valence-electron chi connectivity index (χ3n) is 3.35. The van der Waals surface area contributed by atoms with Crippen LogP contribution < -0.4 is 0 Å². The summed E-state index contributed by atoms with van der Waals surface area (Å²) >= 11 is 0. The molecular weight excluding hydrogens is 275 g/mol. The molecule has 0 aliphatic heterocycles. The van der Waals surface area contributed by atoms with Crippen LogP contribution in [0.2, 0.25) is 0 Å². The fourth-order valence-electron chi connectivity index (χ4n) is 2.03. The van der Waals surface area contributed by atoms with Crippen molar-refractivity contribution in [2.75, 3.05) is 0 Å². The first-order valence-electron chi connectivity index (χ1n) is 6.99. The Morgan fingerprint density at radius 1 is 1.00 bits per heavy atom. The van der Waals surface area contributed by atoms with E-state index in [1.807, 2.05) is 24.3 Å². The Kier molecular flexibility index (Phi) is 4.66. The highest BCUT2D eigenvalue weighted by Gasteiger charge is 2.30. The first kappa shape index (κ1) is 15.5. The van der Waals surface area contributed by atoms with Crippen molar-refractivity contribution >= 4 is 0 Å². The third-order valence-corrected chi connectivity index (χ3v) is 3.35. The number of hydrogen-bond donors (Lipinski definition) is 0. The zero-order valence-corrected chi connectivity index (χ0v) is 12.1. The minimum absolute atomic E-state index is 0.554. The van der Waals surface area contributed by atoms with Gasteiger partial charge in [-0.3, -0.25) is 4.98 Å². The van der Waals surface area contributed by atoms with E-state index in [-0.39, 0.29) is 0 Å². The molecular formula is C17H18F3N. The quantitative estimate of drug-likeness (QED) is 0.740. The van der Waals surface area contributed by atoms with Gasteiger partial charge in [0, 0.05) is 11.8 Å². The van der Waals surface area contributed by atoms with Gasteiger partial charge in [0.25, 0.3) is 0 Å². The normalized spacial score (nSPS) is 11.9. The topological polar surface area (TPSA) is 12.9 Å². The third kappa shape index (κ3) is 4.31. The van der Waals surface area contributed by atoms with Crippen LogP contribution in [-0.4, -0.2) is 4.98 Å². The molecule has 0 amide bonds. The highest BCUT2D eigenvalue weighted by Crippen LogP contribution is 2.29. The fraction of sp³-hybridized carbons (Fsp3) is 0.353. The summed E-state index contributed by atoms with van der Waals surface area (Å²) in [4.78, 5) is 3.90. The first-order valence-corrected chi connectivity index (χ1v) is 6.99. The summed E-state index contributed by atoms with van der Waals surface area (Å²) in [6.45, 7) is 4.36. The zero-order chi connectivity index (χ0) is 15.5. The van der Waals surface area contributed by atoms with E-state index in [9.17, 15) is 13.2 Å². The summed E-state index contributed by atoms with van der Waals surface area (Å²) in [5.41, 5.74) is 1.90. The number of aryl methyl sites for hydroxylation is 1. The smallest absolute Gasteiger partial charge is 0.256 e. The largest absolute Gasteiger partial charge is 0.417 e. The van der Waals surface area contributed by atoms with Crippen LogP contribution in [0.25, 0.3) is 11.3 Å². The molecule has 1 aromatic carbocycles. The minimum atomic E-state index is -4.34. The number of alkyl halides is 3. The summed E-state index contributed by atoms with van der Waals surface area (Å²) in [7, 11) is 0. The van der Waals surface area contributed by atoms with Crippen LogP contribution in [0.5, 0.6) is 0 Å². The van der Waals surface area contributed by atoms with Gasteiger partial charge in [-0.15, -0.1) is 0 Å². The Bertz CT molecular complexity index is 568. The highest BCUT2D eigenvalue weighted by atomic mass is 19.4. The molecule has 4 heteroatoms. The van der Waals surface area contributed by atoms with Crippen molar-refractivity contribution in [2.24, 2.45) is 5.92 Å². The molecule has 0 spiro atoms. The molecule has 0 radical (unpaired) electrons. The molecule has 0 fully saturated rings. The van der Waals surface area contributed by atoms with Gasteiger partial charge in [0.05, 0.1) is 11.3 Å². The Morgan fingerprint density at radius 3 is 2.14 bits per heavy atom. The van der Waals surface area contributed by atoms with Crippen LogP contribution in [0.15, 0.2) is 42.6 Å². The van der Waals surface area contributed by atoms with E-state index in [4.69, 9.17) is 0 Å². The molecule has 2 aromatic rings. The van der Waals surface area contributed by atoms with Crippen LogP contribution >= 0.6 is 0 Å². The summed E-state index contributed by atoms with van der Waals surface area (Å²) in [5.74, 6) is 0.654. The van der Waals surface area contributed by atoms with Gasteiger partial charge in [0.2, 0.25) is 0 Å². The Balaban J connectivity index is 2.11. The van der Waals surface area contributed by atoms with Gasteiger partial charge < -0.3 is 0 Å². The van der Waals surface area contributed by atoms with Gasteiger partial charge in [0.1, 0.15) is 0 Å². The van der Waals surface area contributed by atoms with E-state index in [1.165, 1.54) is 11.6 Å². The summed E-state index contributed by atoms with van der Waals surface area (Å²) in [5, 5.41) is 0. The number of halogens is 3. The number of benzene rings is 1. The number of nitrogens with zero attached hydrogens (tertiary/aromatic N) is 1. The SMILES string of the molecule is CC(C)CCc1ccc(-c2ccc(C(F)(F)F)cn2)cc1. The maximum Gasteiger partial charge on any atom is 0.417 e. The second-order valence-corrected chi connectivity index (χ2v) is 5.56. The second kappa shape index (κ2) is 6.29. The van der Waals surface area contributed by atoms with Gasteiger partial charge in [0.15, 0.2) is 0 Å². The van der Waals surface area contributed by atoms with Crippen LogP contribution in [0.1, 0.15) is 31.4 Å². The average molecular weight is 293 g/mol. The van der Waals surface area contributed by atoms with Crippen molar-refractivity contribution in [3.05, 3.63) is 53.7 Å². The lowest BCUT2D eigenvalue weighted by Crippen LogP contribution is -2.05. The van der Waals surface area contributed by atoms with Crippen LogP contribution in [0.4, 0.5) is 13.2 Å². The average Bonchev–Trinajstić information content (AvgIpc) is 2.45. The van der Waals surface area contributed by atoms with E-state index < -0.39 is 11.7 Å². The molecule has 1 nitrogen and oxygen atoms in total. The van der Waals surface area contributed by atoms with Crippen molar-refractivity contribution in [1.29, 1.82) is 0 Å². The summed E-state index contributed by atoms with van der Waals surface area (Å²) in [6, 6.07) is 10.3. The molecule has 0 aliphatic rings. The lowest BCUT2D eigenvalue weighted by atomic mass is 10.0. The van der Waals surface area contributed by atoms with Gasteiger partial charge in [-0.05, 0) is 36.5 Å². The molecule has 0 bridgehead atoms. The van der Waals surface area contributed by atoms with Gasteiger partial charge in [-0.1, -0.05) is 38.1 Å². The lowest BCUT2D eigenvalue weighted by Gasteiger charge is -2.08. The first-order chi connectivity index (χ1) is 9.86. The Morgan fingerprint density at radius 2 is 1.67 bits per heavy atom. The molecule has 112 valence electrons. The van der Waals surface area contributed by atoms with Gasteiger partial charge in [-0.25, -0.2) is 0 Å². The van der Waals surface area contributed by atoms with Crippen molar-refractivity contribution in [2.45, 2.75) is 32.9 Å². The fourth-order valence-corrected chi connectivity index (χ4v) is 2.03. The van der Waals surface area contributed by atoms with E-state index in [0.29, 0.717) is 11.6 Å². The monoisotopic (exact) mass is 293 g/mol. The Labute approximate surface area is 122 Å². The predicted octanol–water partition coefficient (Wildman–Crippen LogP) is 5.36. The lowest BCUT2D eigenvalue weighted by molar-refractivity contribution is -0.137. The molecule has 2 rings (SSSR count). The second-order valence-electron chi connectivity index (χ2n) is 5.56. The van der Waals surface area contributed by atoms with Gasteiger partial charge in [-0.2, -0.15) is 13.2 Å². The van der Waals surface area contributed by atoms with Crippen LogP contribution in [0.3, 0.4) is 0 Å². The van der Waals surface area contributed by atoms with Crippen LogP contribution in [0, 0.1) is 5.92 Å². The highest BCUT2D eigenvalue weighted by molar-refractivity contribution is 5.59. The molecule has 1 heterocycles. The standard InChI is InChI=1S/C17H18F3N/c1-12(2)3-4-13-5-7-14(8-6-13)16-10-9-15(11-21-16)17(18,19)20/h5-12H,3-4H2,1-2H3. The summed E-state index contributed by atoms with van der Waals surface area (Å²) in [6.07, 6.45) is -1.33. The molecule has 0 N–H and O–H groups in total. The van der Waals surface area contributed by atoms with Crippen molar-refractivity contribution in [3.8, 4) is 11.3 Å². The van der Waals surface area contributed by atoms with E-state index in [0.717, 1.165) is 30.7 Å². The minimum Gasteiger partial charge on any atom is -0.256 e. The van der Waals surface area contributed by atoms with Crippen molar-refractivity contribution in [1.82, 2.24) is 4.98 Å². The maximum absolute atomic E-state index is 12.5. The van der Waals surface area contributed by atoms with Gasteiger partial charge >= 0.3 is 6.18 Å². The number of pyridine rings is 1. The predicted molar refractivity (Wildman–Crippen MR) is 77.8 cm³/mol.